The van der Waals surface area contributed by atoms with Crippen molar-refractivity contribution >= 4 is 23.2 Å². The second-order valence-electron chi connectivity index (χ2n) is 17.0. The molecule has 0 amide bonds. The van der Waals surface area contributed by atoms with Gasteiger partial charge in [0.1, 0.15) is 4.33 Å². The van der Waals surface area contributed by atoms with Gasteiger partial charge < -0.3 is 0 Å². The Labute approximate surface area is 273 Å². The third kappa shape index (κ3) is 7.75. The van der Waals surface area contributed by atoms with Crippen molar-refractivity contribution in [2.75, 3.05) is 0 Å². The second-order valence-corrected chi connectivity index (χ2v) is 18.3. The molecule has 0 atom stereocenters. The van der Waals surface area contributed by atoms with Crippen LogP contribution in [0.4, 0.5) is 0 Å². The average Bonchev–Trinajstić information content (AvgIpc) is 3.02. The fourth-order valence-corrected chi connectivity index (χ4v) is 12.6. The third-order valence-electron chi connectivity index (χ3n) is 14.5. The highest BCUT2D eigenvalue weighted by Crippen LogP contribution is 2.77. The molecule has 0 saturated heterocycles. The first kappa shape index (κ1) is 33.9. The maximum atomic E-state index is 7.51. The molecule has 5 aliphatic rings. The van der Waals surface area contributed by atoms with Crippen molar-refractivity contribution in [1.29, 1.82) is 0 Å². The van der Waals surface area contributed by atoms with Crippen LogP contribution >= 0.6 is 23.2 Å². The number of unbranched alkanes of at least 4 members (excludes halogenated alkanes) is 8. The fraction of sp³-hybridized carbons (Fsp3) is 1.00. The first-order chi connectivity index (χ1) is 20.4. The molecule has 5 fully saturated rings. The van der Waals surface area contributed by atoms with E-state index >= 15 is 0 Å². The van der Waals surface area contributed by atoms with Crippen LogP contribution in [0.2, 0.25) is 0 Å². The van der Waals surface area contributed by atoms with E-state index < -0.39 is 4.33 Å². The van der Waals surface area contributed by atoms with Crippen molar-refractivity contribution in [2.24, 2.45) is 46.3 Å². The van der Waals surface area contributed by atoms with E-state index in [-0.39, 0.29) is 10.8 Å². The summed E-state index contributed by atoms with van der Waals surface area (Å²) in [7, 11) is 0. The fourth-order valence-electron chi connectivity index (χ4n) is 11.6. The van der Waals surface area contributed by atoms with E-state index in [2.05, 4.69) is 13.8 Å². The minimum absolute atomic E-state index is 0.240. The minimum atomic E-state index is -0.458. The van der Waals surface area contributed by atoms with Gasteiger partial charge in [-0.2, -0.15) is 0 Å². The molecule has 2 heteroatoms. The molecule has 0 unspecified atom stereocenters. The summed E-state index contributed by atoms with van der Waals surface area (Å²) in [6.45, 7) is 4.65. The molecule has 0 heterocycles. The zero-order chi connectivity index (χ0) is 29.5. The molecule has 0 nitrogen and oxygen atoms in total. The van der Waals surface area contributed by atoms with Crippen LogP contribution in [-0.2, 0) is 0 Å². The molecular formula is C40H70Cl2. The van der Waals surface area contributed by atoms with Crippen molar-refractivity contribution in [3.63, 3.8) is 0 Å². The molecule has 5 rings (SSSR count). The molecule has 0 aromatic rings. The number of rotatable bonds is 14. The Morgan fingerprint density at radius 1 is 0.429 bits per heavy atom. The molecule has 5 saturated carbocycles. The molecule has 5 aliphatic carbocycles. The lowest BCUT2D eigenvalue weighted by Crippen LogP contribution is -2.66. The molecule has 0 bridgehead atoms. The van der Waals surface area contributed by atoms with E-state index in [1.165, 1.54) is 186 Å². The number of hydrogen-bond acceptors (Lipinski definition) is 0. The standard InChI is InChI=1S/C40H70Cl2/c1-3-5-7-9-11-13-32-15-19-34(20-16-32)36-23-27-38(28-24-36)31-39(40(38,41)42)29-25-37(26-30-39)35-21-17-33(18-22-35)14-12-10-8-6-4-2/h32-37H,3-31H2,1-2H3/t32?,33?,34?,35?,36-,37?,38-,39-. The van der Waals surface area contributed by atoms with Crippen molar-refractivity contribution in [2.45, 2.75) is 204 Å². The summed E-state index contributed by atoms with van der Waals surface area (Å²) in [6.07, 6.45) is 41.8. The summed E-state index contributed by atoms with van der Waals surface area (Å²) in [6, 6.07) is 0. The number of alkyl halides is 2. The van der Waals surface area contributed by atoms with Gasteiger partial charge >= 0.3 is 0 Å². The summed E-state index contributed by atoms with van der Waals surface area (Å²) >= 11 is 15.0. The third-order valence-corrected chi connectivity index (χ3v) is 16.1. The largest absolute Gasteiger partial charge is 0.129 e. The van der Waals surface area contributed by atoms with Gasteiger partial charge in [-0.15, -0.1) is 23.2 Å². The van der Waals surface area contributed by atoms with Gasteiger partial charge in [0.25, 0.3) is 0 Å². The maximum Gasteiger partial charge on any atom is 0.129 e. The van der Waals surface area contributed by atoms with Crippen LogP contribution in [-0.4, -0.2) is 4.33 Å². The quantitative estimate of drug-likeness (QED) is 0.134. The molecule has 0 aromatic carbocycles. The molecule has 0 aromatic heterocycles. The van der Waals surface area contributed by atoms with Crippen molar-refractivity contribution in [1.82, 2.24) is 0 Å². The molecular weight excluding hydrogens is 551 g/mol. The van der Waals surface area contributed by atoms with E-state index in [0.29, 0.717) is 0 Å². The lowest BCUT2D eigenvalue weighted by Gasteiger charge is -2.69. The molecule has 0 N–H and O–H groups in total. The van der Waals surface area contributed by atoms with Crippen LogP contribution < -0.4 is 0 Å². The predicted molar refractivity (Wildman–Crippen MR) is 185 cm³/mol. The zero-order valence-electron chi connectivity index (χ0n) is 28.2. The van der Waals surface area contributed by atoms with E-state index in [1.807, 2.05) is 0 Å². The highest BCUT2D eigenvalue weighted by atomic mass is 35.5. The highest BCUT2D eigenvalue weighted by Gasteiger charge is 2.72. The predicted octanol–water partition coefficient (Wildman–Crippen LogP) is 14.3. The maximum absolute atomic E-state index is 7.51. The normalized spacial score (nSPS) is 40.3. The Morgan fingerprint density at radius 3 is 1.10 bits per heavy atom. The number of halogens is 2. The van der Waals surface area contributed by atoms with Gasteiger partial charge in [-0.3, -0.25) is 0 Å². The van der Waals surface area contributed by atoms with Gasteiger partial charge in [-0.25, -0.2) is 0 Å². The van der Waals surface area contributed by atoms with Crippen molar-refractivity contribution in [3.8, 4) is 0 Å². The van der Waals surface area contributed by atoms with E-state index in [9.17, 15) is 0 Å². The van der Waals surface area contributed by atoms with E-state index in [4.69, 9.17) is 23.2 Å². The summed E-state index contributed by atoms with van der Waals surface area (Å²) in [4.78, 5) is 0. The Bertz CT molecular complexity index is 693. The Hall–Kier alpha value is 0.580. The molecule has 42 heavy (non-hydrogen) atoms. The van der Waals surface area contributed by atoms with Crippen LogP contribution in [0.1, 0.15) is 200 Å². The van der Waals surface area contributed by atoms with Gasteiger partial charge in [-0.05, 0) is 119 Å². The van der Waals surface area contributed by atoms with Crippen LogP contribution in [0.5, 0.6) is 0 Å². The van der Waals surface area contributed by atoms with E-state index in [0.717, 1.165) is 35.5 Å². The lowest BCUT2D eigenvalue weighted by molar-refractivity contribution is -0.122. The van der Waals surface area contributed by atoms with Crippen molar-refractivity contribution < 1.29 is 0 Å². The van der Waals surface area contributed by atoms with Crippen LogP contribution in [0.15, 0.2) is 0 Å². The average molecular weight is 622 g/mol. The van der Waals surface area contributed by atoms with Gasteiger partial charge in [0.15, 0.2) is 0 Å². The van der Waals surface area contributed by atoms with Gasteiger partial charge in [0, 0.05) is 10.8 Å². The highest BCUT2D eigenvalue weighted by molar-refractivity contribution is 6.50. The molecule has 0 radical (unpaired) electrons. The topological polar surface area (TPSA) is 0 Å². The SMILES string of the molecule is CCCCCCCC1CCC(C2CC[C@]3(CC2)C[C@@]2(CC[C@H](C4CCC(CCCCCCC)CC4)CC2)C3(Cl)Cl)CC1. The first-order valence-electron chi connectivity index (χ1n) is 19.8. The summed E-state index contributed by atoms with van der Waals surface area (Å²) < 4.78 is -0.458. The minimum Gasteiger partial charge on any atom is -0.100 e. The molecule has 2 spiro atoms. The Kier molecular flexibility index (Phi) is 12.9. The zero-order valence-corrected chi connectivity index (χ0v) is 29.7. The van der Waals surface area contributed by atoms with Gasteiger partial charge in [0.05, 0.1) is 0 Å². The summed E-state index contributed by atoms with van der Waals surface area (Å²) in [5, 5.41) is 0. The Morgan fingerprint density at radius 2 is 0.762 bits per heavy atom. The molecule has 244 valence electrons. The van der Waals surface area contributed by atoms with Crippen LogP contribution in [0.25, 0.3) is 0 Å². The van der Waals surface area contributed by atoms with Gasteiger partial charge in [-0.1, -0.05) is 117 Å². The Balaban J connectivity index is 0.990. The lowest BCUT2D eigenvalue weighted by atomic mass is 9.42. The van der Waals surface area contributed by atoms with Crippen LogP contribution in [0, 0.1) is 46.3 Å². The first-order valence-corrected chi connectivity index (χ1v) is 20.6. The van der Waals surface area contributed by atoms with Gasteiger partial charge in [0.2, 0.25) is 0 Å². The summed E-state index contributed by atoms with van der Waals surface area (Å²) in [5.41, 5.74) is 0.481. The summed E-state index contributed by atoms with van der Waals surface area (Å²) in [5.74, 6) is 5.99. The van der Waals surface area contributed by atoms with Crippen molar-refractivity contribution in [3.05, 3.63) is 0 Å². The smallest absolute Gasteiger partial charge is 0.100 e. The second kappa shape index (κ2) is 15.9. The number of hydrogen-bond donors (Lipinski definition) is 0. The monoisotopic (exact) mass is 620 g/mol. The van der Waals surface area contributed by atoms with E-state index in [1.54, 1.807) is 0 Å². The molecule has 0 aliphatic heterocycles. The van der Waals surface area contributed by atoms with Crippen LogP contribution in [0.3, 0.4) is 0 Å².